The van der Waals surface area contributed by atoms with Crippen molar-refractivity contribution in [1.29, 1.82) is 0 Å². The molecule has 44 heavy (non-hydrogen) atoms. The van der Waals surface area contributed by atoms with E-state index in [0.717, 1.165) is 6.42 Å². The van der Waals surface area contributed by atoms with E-state index in [1.807, 2.05) is 0 Å². The molecular weight excluding hydrogens is 637 g/mol. The Kier molecular flexibility index (Phi) is 12.3. The molecule has 0 bridgehead atoms. The van der Waals surface area contributed by atoms with Crippen LogP contribution in [0.1, 0.15) is 26.5 Å². The van der Waals surface area contributed by atoms with E-state index in [-0.39, 0.29) is 30.2 Å². The minimum atomic E-state index is -4.23. The Hall–Kier alpha value is -2.87. The second-order valence-electron chi connectivity index (χ2n) is 9.18. The highest BCUT2D eigenvalue weighted by Gasteiger charge is 2.45. The lowest BCUT2D eigenvalue weighted by Gasteiger charge is -2.20. The van der Waals surface area contributed by atoms with E-state index in [9.17, 15) is 24.4 Å². The first kappa shape index (κ1) is 34.0. The summed E-state index contributed by atoms with van der Waals surface area (Å²) >= 11 is 6.16. The van der Waals surface area contributed by atoms with Crippen molar-refractivity contribution in [2.75, 3.05) is 58.3 Å². The highest BCUT2D eigenvalue weighted by Crippen LogP contribution is 2.48. The van der Waals surface area contributed by atoms with Crippen LogP contribution in [0.5, 0.6) is 0 Å². The number of halogens is 1. The van der Waals surface area contributed by atoms with Crippen LogP contribution in [-0.2, 0) is 46.8 Å². The van der Waals surface area contributed by atoms with Crippen LogP contribution in [0, 0.1) is 0 Å². The van der Waals surface area contributed by atoms with Crippen molar-refractivity contribution in [2.45, 2.75) is 50.8 Å². The van der Waals surface area contributed by atoms with Crippen LogP contribution >= 0.6 is 19.2 Å². The lowest BCUT2D eigenvalue weighted by atomic mass is 10.1. The zero-order valence-corrected chi connectivity index (χ0v) is 25.4. The number of carbonyl (C=O) groups is 2. The number of aliphatic hydroxyl groups excluding tert-OH is 2. The molecule has 0 aliphatic carbocycles. The summed E-state index contributed by atoms with van der Waals surface area (Å²) in [5.41, 5.74) is 0.593. The van der Waals surface area contributed by atoms with E-state index in [1.165, 1.54) is 10.9 Å². The summed E-state index contributed by atoms with van der Waals surface area (Å²) in [5.74, 6) is 0.372. The molecule has 2 aliphatic rings. The maximum Gasteiger partial charge on any atom is 0.510 e. The quantitative estimate of drug-likeness (QED) is 0.106. The molecule has 0 amide bonds. The Bertz CT molecular complexity index is 1290. The van der Waals surface area contributed by atoms with Gasteiger partial charge < -0.3 is 48.7 Å². The fraction of sp³-hybridized carbons (Fsp3) is 0.696. The summed E-state index contributed by atoms with van der Waals surface area (Å²) < 4.78 is 59.8. The van der Waals surface area contributed by atoms with Gasteiger partial charge in [0.25, 0.3) is 0 Å². The van der Waals surface area contributed by atoms with Crippen molar-refractivity contribution < 1.29 is 66.6 Å². The van der Waals surface area contributed by atoms with Crippen molar-refractivity contribution >= 4 is 48.5 Å². The van der Waals surface area contributed by atoms with Crippen LogP contribution in [0.3, 0.4) is 0 Å². The number of ether oxygens (including phenoxy) is 7. The number of fused-ring (bicyclic) bond motifs is 1. The molecule has 2 aliphatic heterocycles. The Balaban J connectivity index is 1.38. The molecule has 3 N–H and O–H groups in total. The number of carbonyl (C=O) groups excluding carboxylic acids is 2. The van der Waals surface area contributed by atoms with Crippen LogP contribution in [-0.4, -0.2) is 119 Å². The smallest absolute Gasteiger partial charge is 0.435 e. The average Bonchev–Trinajstić information content (AvgIpc) is 3.70. The molecule has 2 saturated heterocycles. The molecule has 5 atom stereocenters. The molecule has 0 radical (unpaired) electrons. The molecule has 0 unspecified atom stereocenters. The lowest BCUT2D eigenvalue weighted by molar-refractivity contribution is -0.0647. The first-order valence-electron chi connectivity index (χ1n) is 13.4. The van der Waals surface area contributed by atoms with E-state index in [1.54, 1.807) is 13.8 Å². The van der Waals surface area contributed by atoms with Gasteiger partial charge in [0.05, 0.1) is 38.8 Å². The largest absolute Gasteiger partial charge is 0.510 e. The predicted octanol–water partition coefficient (Wildman–Crippen LogP) is 1.76. The zero-order chi connectivity index (χ0) is 31.7. The molecule has 4 rings (SSSR count). The van der Waals surface area contributed by atoms with Gasteiger partial charge in [0.2, 0.25) is 18.9 Å². The van der Waals surface area contributed by atoms with Crippen LogP contribution in [0.25, 0.3) is 11.2 Å². The highest BCUT2D eigenvalue weighted by atomic mass is 35.5. The molecule has 4 heterocycles. The molecule has 2 fully saturated rings. The van der Waals surface area contributed by atoms with Crippen LogP contribution in [0.4, 0.5) is 15.4 Å². The molecule has 0 aromatic carbocycles. The molecule has 246 valence electrons. The fourth-order valence-corrected chi connectivity index (χ4v) is 5.28. The number of anilines is 1. The Morgan fingerprint density at radius 1 is 1.09 bits per heavy atom. The number of aromatic nitrogens is 4. The molecule has 2 aromatic rings. The minimum absolute atomic E-state index is 0.00312. The van der Waals surface area contributed by atoms with E-state index >= 15 is 0 Å². The monoisotopic (exact) mass is 669 g/mol. The first-order chi connectivity index (χ1) is 21.1. The van der Waals surface area contributed by atoms with Crippen molar-refractivity contribution in [2.24, 2.45) is 0 Å². The maximum absolute atomic E-state index is 13.2. The van der Waals surface area contributed by atoms with Crippen LogP contribution in [0.2, 0.25) is 5.28 Å². The zero-order valence-electron chi connectivity index (χ0n) is 23.7. The van der Waals surface area contributed by atoms with Gasteiger partial charge in [0.1, 0.15) is 24.7 Å². The standard InChI is InChI=1S/C23H33ClN5O14P/c1-3-37-22(32)39-10-41-44(34,42-11-40-23(33)38-4-2)12-36-8-14-16(30)17(31)20(43-14)29-9-25-15-18(26-13-5-6-35-7-13)27-21(24)28-19(15)29/h9,13-14,16-17,20,30-31H,3-8,10-12H2,1-2H3,(H,26,27,28)/t13-,14+,16+,17+,20+/m0/s1. The second kappa shape index (κ2) is 15.9. The number of rotatable bonds is 15. The summed E-state index contributed by atoms with van der Waals surface area (Å²) in [7, 11) is -4.23. The van der Waals surface area contributed by atoms with E-state index in [2.05, 4.69) is 39.2 Å². The third-order valence-corrected chi connectivity index (χ3v) is 7.85. The summed E-state index contributed by atoms with van der Waals surface area (Å²) in [5, 5.41) is 24.6. The number of imidazole rings is 1. The summed E-state index contributed by atoms with van der Waals surface area (Å²) in [6.45, 7) is 2.17. The summed E-state index contributed by atoms with van der Waals surface area (Å²) in [6.07, 6.45) is -5.99. The van der Waals surface area contributed by atoms with Gasteiger partial charge in [-0.15, -0.1) is 0 Å². The highest BCUT2D eigenvalue weighted by molar-refractivity contribution is 7.53. The number of aliphatic hydroxyl groups is 2. The third-order valence-electron chi connectivity index (χ3n) is 6.18. The predicted molar refractivity (Wildman–Crippen MR) is 146 cm³/mol. The Labute approximate surface area is 255 Å². The molecular formula is C23H33ClN5O14P. The maximum atomic E-state index is 13.2. The van der Waals surface area contributed by atoms with Crippen molar-refractivity contribution in [3.05, 3.63) is 11.6 Å². The number of hydrogen-bond acceptors (Lipinski definition) is 18. The Morgan fingerprint density at radius 3 is 2.39 bits per heavy atom. The van der Waals surface area contributed by atoms with Gasteiger partial charge in [0.15, 0.2) is 23.2 Å². The van der Waals surface area contributed by atoms with Crippen molar-refractivity contribution in [3.63, 3.8) is 0 Å². The minimum Gasteiger partial charge on any atom is -0.435 e. The van der Waals surface area contributed by atoms with Gasteiger partial charge in [0, 0.05) is 6.61 Å². The lowest BCUT2D eigenvalue weighted by Crippen LogP contribution is -2.34. The molecule has 2 aromatic heterocycles. The van der Waals surface area contributed by atoms with E-state index in [0.29, 0.717) is 24.5 Å². The van der Waals surface area contributed by atoms with Gasteiger partial charge in [-0.25, -0.2) is 14.6 Å². The van der Waals surface area contributed by atoms with Crippen molar-refractivity contribution in [1.82, 2.24) is 19.5 Å². The fourth-order valence-electron chi connectivity index (χ4n) is 4.14. The van der Waals surface area contributed by atoms with Gasteiger partial charge in [-0.1, -0.05) is 0 Å². The second-order valence-corrected chi connectivity index (χ2v) is 11.5. The van der Waals surface area contributed by atoms with Crippen LogP contribution in [0.15, 0.2) is 6.33 Å². The SMILES string of the molecule is CCOC(=O)OCOP(=O)(COC[C@H]1O[C@@H](n2cnc3c(N[C@H]4CCOC4)nc(Cl)nc32)[C@H](O)[C@@H]1O)OCOC(=O)OCC. The van der Waals surface area contributed by atoms with E-state index < -0.39 is 71.0 Å². The normalized spacial score (nSPS) is 23.5. The molecule has 19 nitrogen and oxygen atoms in total. The number of nitrogens with one attached hydrogen (secondary N) is 1. The summed E-state index contributed by atoms with van der Waals surface area (Å²) in [6, 6.07) is 0.00312. The first-order valence-corrected chi connectivity index (χ1v) is 15.6. The van der Waals surface area contributed by atoms with Gasteiger partial charge in [-0.05, 0) is 31.9 Å². The Morgan fingerprint density at radius 2 is 1.77 bits per heavy atom. The van der Waals surface area contributed by atoms with Crippen molar-refractivity contribution in [3.8, 4) is 0 Å². The van der Waals surface area contributed by atoms with Gasteiger partial charge in [-0.2, -0.15) is 9.97 Å². The molecule has 0 saturated carbocycles. The molecule has 21 heteroatoms. The number of nitrogens with zero attached hydrogens (tertiary/aromatic N) is 4. The van der Waals surface area contributed by atoms with Gasteiger partial charge >= 0.3 is 19.9 Å². The number of hydrogen-bond donors (Lipinski definition) is 3. The average molecular weight is 670 g/mol. The summed E-state index contributed by atoms with van der Waals surface area (Å²) in [4.78, 5) is 35.6. The topological polar surface area (TPSA) is 230 Å². The van der Waals surface area contributed by atoms with E-state index in [4.69, 9.17) is 34.9 Å². The van der Waals surface area contributed by atoms with Crippen LogP contribution < -0.4 is 5.32 Å². The molecule has 0 spiro atoms. The van der Waals surface area contributed by atoms with Gasteiger partial charge in [-0.3, -0.25) is 18.2 Å². The third kappa shape index (κ3) is 8.86.